The fourth-order valence-electron chi connectivity index (χ4n) is 2.94. The van der Waals surface area contributed by atoms with E-state index in [1.165, 1.54) is 30.2 Å². The van der Waals surface area contributed by atoms with Crippen LogP contribution in [-0.4, -0.2) is 43.1 Å². The van der Waals surface area contributed by atoms with Gasteiger partial charge >= 0.3 is 0 Å². The maximum atomic E-state index is 14.4. The third-order valence-corrected chi connectivity index (χ3v) is 5.87. The number of nitrogens with one attached hydrogen (secondary N) is 3. The number of guanidine groups is 1. The van der Waals surface area contributed by atoms with Crippen LogP contribution in [0, 0.1) is 18.7 Å². The number of benzene rings is 1. The number of carbonyl (C=O) groups is 1. The van der Waals surface area contributed by atoms with Crippen LogP contribution in [0.25, 0.3) is 0 Å². The highest BCUT2D eigenvalue weighted by Crippen LogP contribution is 2.30. The molecule has 2 aromatic rings. The Morgan fingerprint density at radius 3 is 2.84 bits per heavy atom. The first-order chi connectivity index (χ1) is 15.0. The van der Waals surface area contributed by atoms with Crippen LogP contribution < -0.4 is 20.7 Å². The lowest BCUT2D eigenvalue weighted by atomic mass is 10.1. The number of thiazole rings is 1. The van der Waals surface area contributed by atoms with Crippen molar-refractivity contribution in [2.24, 2.45) is 10.9 Å². The average molecular weight is 448 g/mol. The third-order valence-electron chi connectivity index (χ3n) is 4.94. The van der Waals surface area contributed by atoms with Gasteiger partial charge in [-0.1, -0.05) is 6.07 Å². The van der Waals surface area contributed by atoms with Crippen LogP contribution in [0.1, 0.15) is 53.7 Å². The molecule has 31 heavy (non-hydrogen) atoms. The minimum Gasteiger partial charge on any atom is -0.490 e. The van der Waals surface area contributed by atoms with Crippen LogP contribution in [0.15, 0.2) is 28.7 Å². The quantitative estimate of drug-likeness (QED) is 0.295. The average Bonchev–Trinajstić information content (AvgIpc) is 3.48. The molecule has 3 rings (SSSR count). The number of rotatable bonds is 10. The van der Waals surface area contributed by atoms with Crippen LogP contribution in [0.5, 0.6) is 5.75 Å². The normalized spacial score (nSPS) is 14.8. The highest BCUT2D eigenvalue weighted by Gasteiger charge is 2.22. The van der Waals surface area contributed by atoms with E-state index in [0.29, 0.717) is 48.7 Å². The predicted molar refractivity (Wildman–Crippen MR) is 121 cm³/mol. The van der Waals surface area contributed by atoms with Crippen LogP contribution >= 0.6 is 11.3 Å². The van der Waals surface area contributed by atoms with E-state index in [2.05, 4.69) is 25.9 Å². The lowest BCUT2D eigenvalue weighted by molar-refractivity contribution is 0.0958. The molecule has 3 N–H and O–H groups in total. The minimum atomic E-state index is -0.352. The number of hydrogen-bond donors (Lipinski definition) is 3. The number of ether oxygens (including phenoxy) is 1. The van der Waals surface area contributed by atoms with Gasteiger partial charge in [-0.05, 0) is 57.2 Å². The van der Waals surface area contributed by atoms with Gasteiger partial charge in [-0.3, -0.25) is 9.79 Å². The van der Waals surface area contributed by atoms with Crippen molar-refractivity contribution in [3.8, 4) is 5.75 Å². The molecule has 1 heterocycles. The molecule has 0 saturated heterocycles. The van der Waals surface area contributed by atoms with E-state index in [9.17, 15) is 9.18 Å². The largest absolute Gasteiger partial charge is 0.490 e. The molecule has 1 aliphatic carbocycles. The molecular formula is C22H30FN5O2S. The van der Waals surface area contributed by atoms with E-state index in [4.69, 9.17) is 4.74 Å². The second-order valence-electron chi connectivity index (χ2n) is 7.59. The molecule has 9 heteroatoms. The summed E-state index contributed by atoms with van der Waals surface area (Å²) in [6.07, 6.45) is 2.34. The first-order valence-corrected chi connectivity index (χ1v) is 11.5. The number of aryl methyl sites for hydroxylation is 1. The van der Waals surface area contributed by atoms with Crippen LogP contribution in [0.3, 0.4) is 0 Å². The van der Waals surface area contributed by atoms with E-state index in [1.807, 2.05) is 26.8 Å². The van der Waals surface area contributed by atoms with Gasteiger partial charge < -0.3 is 20.7 Å². The second kappa shape index (κ2) is 11.1. The van der Waals surface area contributed by atoms with Gasteiger partial charge in [0.05, 0.1) is 30.4 Å². The van der Waals surface area contributed by atoms with Crippen LogP contribution in [-0.2, 0) is 0 Å². The lowest BCUT2D eigenvalue weighted by Crippen LogP contribution is -2.39. The molecular weight excluding hydrogens is 417 g/mol. The first kappa shape index (κ1) is 23.0. The zero-order chi connectivity index (χ0) is 22.2. The summed E-state index contributed by atoms with van der Waals surface area (Å²) in [5.74, 6) is 0.994. The molecule has 1 aliphatic rings. The number of aromatic nitrogens is 1. The van der Waals surface area contributed by atoms with Crippen molar-refractivity contribution in [2.75, 3.05) is 26.2 Å². The van der Waals surface area contributed by atoms with Gasteiger partial charge in [0.1, 0.15) is 4.88 Å². The fraction of sp³-hybridized carbons (Fsp3) is 0.500. The summed E-state index contributed by atoms with van der Waals surface area (Å²) in [6, 6.07) is 4.90. The monoisotopic (exact) mass is 447 g/mol. The summed E-state index contributed by atoms with van der Waals surface area (Å²) in [6.45, 7) is 7.82. The van der Waals surface area contributed by atoms with Gasteiger partial charge in [0.15, 0.2) is 17.5 Å². The number of nitrogens with zero attached hydrogens (tertiary/aromatic N) is 2. The third kappa shape index (κ3) is 6.92. The molecule has 1 atom stereocenters. The Bertz CT molecular complexity index is 913. The summed E-state index contributed by atoms with van der Waals surface area (Å²) >= 11 is 1.32. The van der Waals surface area contributed by atoms with Crippen molar-refractivity contribution in [3.05, 3.63) is 45.7 Å². The molecule has 0 radical (unpaired) electrons. The van der Waals surface area contributed by atoms with Crippen molar-refractivity contribution in [3.63, 3.8) is 0 Å². The zero-order valence-electron chi connectivity index (χ0n) is 18.2. The van der Waals surface area contributed by atoms with Gasteiger partial charge in [0.2, 0.25) is 0 Å². The molecule has 0 bridgehead atoms. The van der Waals surface area contributed by atoms with Crippen molar-refractivity contribution in [2.45, 2.75) is 39.7 Å². The Kier molecular flexibility index (Phi) is 8.22. The minimum absolute atomic E-state index is 0.138. The number of halogens is 1. The molecule has 0 spiro atoms. The van der Waals surface area contributed by atoms with Crippen molar-refractivity contribution >= 4 is 23.2 Å². The number of amides is 1. The molecule has 1 unspecified atom stereocenters. The Balaban J connectivity index is 1.51. The summed E-state index contributed by atoms with van der Waals surface area (Å²) in [7, 11) is 0. The number of carbonyl (C=O) groups excluding carboxylic acids is 1. The van der Waals surface area contributed by atoms with Gasteiger partial charge in [0, 0.05) is 13.1 Å². The Labute approximate surface area is 186 Å². The second-order valence-corrected chi connectivity index (χ2v) is 8.45. The van der Waals surface area contributed by atoms with Gasteiger partial charge in [-0.15, -0.1) is 11.3 Å². The lowest BCUT2D eigenvalue weighted by Gasteiger charge is -2.19. The predicted octanol–water partition coefficient (Wildman–Crippen LogP) is 3.43. The maximum absolute atomic E-state index is 14.4. The molecule has 1 aromatic carbocycles. The summed E-state index contributed by atoms with van der Waals surface area (Å²) in [5.41, 5.74) is 3.19. The highest BCUT2D eigenvalue weighted by atomic mass is 32.1. The topological polar surface area (TPSA) is 87.6 Å². The molecule has 0 aliphatic heterocycles. The maximum Gasteiger partial charge on any atom is 0.263 e. The summed E-state index contributed by atoms with van der Waals surface area (Å²) in [4.78, 5) is 21.3. The molecule has 1 amide bonds. The Morgan fingerprint density at radius 1 is 1.39 bits per heavy atom. The van der Waals surface area contributed by atoms with Gasteiger partial charge in [-0.2, -0.15) is 0 Å². The molecule has 1 saturated carbocycles. The summed E-state index contributed by atoms with van der Waals surface area (Å²) in [5, 5.41) is 9.30. The zero-order valence-corrected chi connectivity index (χ0v) is 19.0. The fourth-order valence-corrected chi connectivity index (χ4v) is 3.66. The Hall–Kier alpha value is -2.68. The first-order valence-electron chi connectivity index (χ1n) is 10.6. The van der Waals surface area contributed by atoms with E-state index < -0.39 is 0 Å². The van der Waals surface area contributed by atoms with Gasteiger partial charge in [-0.25, -0.2) is 9.37 Å². The smallest absolute Gasteiger partial charge is 0.263 e. The van der Waals surface area contributed by atoms with Crippen LogP contribution in [0.4, 0.5) is 4.39 Å². The van der Waals surface area contributed by atoms with E-state index in [0.717, 1.165) is 11.3 Å². The van der Waals surface area contributed by atoms with Crippen LogP contribution in [0.2, 0.25) is 0 Å². The molecule has 1 aromatic heterocycles. The number of hydrogen-bond acceptors (Lipinski definition) is 5. The van der Waals surface area contributed by atoms with E-state index >= 15 is 0 Å². The van der Waals surface area contributed by atoms with E-state index in [1.54, 1.807) is 11.6 Å². The van der Waals surface area contributed by atoms with Crippen molar-refractivity contribution in [1.82, 2.24) is 20.9 Å². The van der Waals surface area contributed by atoms with Crippen molar-refractivity contribution in [1.29, 1.82) is 0 Å². The number of aliphatic imine (C=N–C) groups is 1. The standard InChI is InChI=1S/C22H30FN5O2S/c1-4-24-22(26-10-9-25-21(29)20-15(3)27-13-31-20)28-14(2)17-7-8-19(18(23)11-17)30-12-16-5-6-16/h7-8,11,13-14,16H,4-6,9-10,12H2,1-3H3,(H,25,29)(H2,24,26,28). The molecule has 7 nitrogen and oxygen atoms in total. The van der Waals surface area contributed by atoms with Gasteiger partial charge in [0.25, 0.3) is 5.91 Å². The van der Waals surface area contributed by atoms with Crippen molar-refractivity contribution < 1.29 is 13.9 Å². The molecule has 1 fully saturated rings. The highest BCUT2D eigenvalue weighted by molar-refractivity contribution is 7.11. The summed E-state index contributed by atoms with van der Waals surface area (Å²) < 4.78 is 20.0. The Morgan fingerprint density at radius 2 is 2.19 bits per heavy atom. The molecule has 168 valence electrons. The van der Waals surface area contributed by atoms with E-state index in [-0.39, 0.29) is 17.8 Å². The SMILES string of the molecule is CCNC(=NCCNC(=O)c1scnc1C)NC(C)c1ccc(OCC2CC2)c(F)c1.